The number of hydrogen-bond donors (Lipinski definition) is 2. The lowest BCUT2D eigenvalue weighted by Gasteiger charge is -2.08. The number of carbonyl (C=O) groups is 1. The molecular formula is C13H13N3OS. The van der Waals surface area contributed by atoms with Gasteiger partial charge in [-0.3, -0.25) is 9.89 Å². The molecule has 0 saturated heterocycles. The molecule has 1 aromatic heterocycles. The molecule has 0 spiro atoms. The summed E-state index contributed by atoms with van der Waals surface area (Å²) in [6.45, 7) is 0.530. The predicted molar refractivity (Wildman–Crippen MR) is 70.2 cm³/mol. The van der Waals surface area contributed by atoms with Crippen molar-refractivity contribution >= 4 is 17.7 Å². The number of nitrogens with one attached hydrogen (secondary N) is 2. The average Bonchev–Trinajstić information content (AvgIpc) is 3.04. The van der Waals surface area contributed by atoms with E-state index in [0.717, 1.165) is 12.0 Å². The van der Waals surface area contributed by atoms with Crippen LogP contribution in [0.3, 0.4) is 0 Å². The molecule has 1 aliphatic rings. The highest BCUT2D eigenvalue weighted by atomic mass is 32.2. The molecule has 0 aliphatic carbocycles. The van der Waals surface area contributed by atoms with Crippen molar-refractivity contribution in [2.75, 3.05) is 0 Å². The Morgan fingerprint density at radius 3 is 3.17 bits per heavy atom. The van der Waals surface area contributed by atoms with Crippen LogP contribution in [0.1, 0.15) is 11.1 Å². The molecule has 2 aromatic rings. The van der Waals surface area contributed by atoms with Gasteiger partial charge in [-0.15, -0.1) is 11.8 Å². The molecule has 92 valence electrons. The normalized spacial score (nSPS) is 17.4. The zero-order chi connectivity index (χ0) is 12.4. The first kappa shape index (κ1) is 11.3. The number of aromatic nitrogens is 2. The van der Waals surface area contributed by atoms with E-state index in [1.807, 2.05) is 12.1 Å². The highest BCUT2D eigenvalue weighted by Gasteiger charge is 2.27. The van der Waals surface area contributed by atoms with Crippen molar-refractivity contribution in [2.24, 2.45) is 0 Å². The Balaban J connectivity index is 1.59. The molecule has 18 heavy (non-hydrogen) atoms. The lowest BCUT2D eigenvalue weighted by molar-refractivity contribution is -0.120. The van der Waals surface area contributed by atoms with Crippen molar-refractivity contribution in [3.05, 3.63) is 47.8 Å². The van der Waals surface area contributed by atoms with Crippen LogP contribution in [0.25, 0.3) is 0 Å². The molecule has 1 unspecified atom stereocenters. The van der Waals surface area contributed by atoms with Gasteiger partial charge in [0.15, 0.2) is 0 Å². The number of H-pyrrole nitrogens is 1. The van der Waals surface area contributed by atoms with E-state index in [1.54, 1.807) is 24.2 Å². The van der Waals surface area contributed by atoms with E-state index in [1.165, 1.54) is 10.5 Å². The smallest absolute Gasteiger partial charge is 0.234 e. The van der Waals surface area contributed by atoms with Gasteiger partial charge in [0.25, 0.3) is 0 Å². The first-order valence-corrected chi connectivity index (χ1v) is 6.71. The Morgan fingerprint density at radius 1 is 1.50 bits per heavy atom. The van der Waals surface area contributed by atoms with E-state index < -0.39 is 0 Å². The Labute approximate surface area is 109 Å². The quantitative estimate of drug-likeness (QED) is 0.882. The molecular weight excluding hydrogens is 246 g/mol. The molecule has 2 N–H and O–H groups in total. The third-order valence-corrected chi connectivity index (χ3v) is 4.28. The zero-order valence-corrected chi connectivity index (χ0v) is 10.5. The molecule has 1 aliphatic heterocycles. The van der Waals surface area contributed by atoms with Gasteiger partial charge in [0.2, 0.25) is 5.91 Å². The summed E-state index contributed by atoms with van der Waals surface area (Å²) >= 11 is 1.65. The summed E-state index contributed by atoms with van der Waals surface area (Å²) in [4.78, 5) is 13.3. The minimum absolute atomic E-state index is 0.00528. The number of aromatic amines is 1. The van der Waals surface area contributed by atoms with Crippen LogP contribution < -0.4 is 5.32 Å². The van der Waals surface area contributed by atoms with E-state index in [0.29, 0.717) is 6.54 Å². The Kier molecular flexibility index (Phi) is 3.06. The number of nitrogens with zero attached hydrogens (tertiary/aromatic N) is 1. The highest BCUT2D eigenvalue weighted by molar-refractivity contribution is 8.01. The fourth-order valence-corrected chi connectivity index (χ4v) is 3.23. The van der Waals surface area contributed by atoms with Crippen LogP contribution >= 0.6 is 11.8 Å². The number of thioether (sulfide) groups is 1. The van der Waals surface area contributed by atoms with Crippen molar-refractivity contribution in [3.8, 4) is 0 Å². The number of hydrogen-bond acceptors (Lipinski definition) is 3. The third-order valence-electron chi connectivity index (χ3n) is 2.96. The molecule has 5 heteroatoms. The minimum atomic E-state index is -0.00528. The summed E-state index contributed by atoms with van der Waals surface area (Å²) < 4.78 is 0. The Morgan fingerprint density at radius 2 is 2.39 bits per heavy atom. The number of rotatable bonds is 3. The lowest BCUT2D eigenvalue weighted by atomic mass is 10.1. The maximum Gasteiger partial charge on any atom is 0.234 e. The number of amides is 1. The summed E-state index contributed by atoms with van der Waals surface area (Å²) in [7, 11) is 0. The summed E-state index contributed by atoms with van der Waals surface area (Å²) in [6, 6.07) is 8.19. The maximum absolute atomic E-state index is 12.0. The van der Waals surface area contributed by atoms with Crippen molar-refractivity contribution in [1.29, 1.82) is 0 Å². The van der Waals surface area contributed by atoms with Gasteiger partial charge in [-0.1, -0.05) is 18.2 Å². The van der Waals surface area contributed by atoms with Crippen LogP contribution in [0, 0.1) is 0 Å². The largest absolute Gasteiger partial charge is 0.351 e. The van der Waals surface area contributed by atoms with Gasteiger partial charge in [0, 0.05) is 23.2 Å². The summed E-state index contributed by atoms with van der Waals surface area (Å²) in [5, 5.41) is 9.52. The van der Waals surface area contributed by atoms with Gasteiger partial charge in [-0.2, -0.15) is 5.10 Å². The second-order valence-corrected chi connectivity index (χ2v) is 5.49. The van der Waals surface area contributed by atoms with Crippen molar-refractivity contribution in [1.82, 2.24) is 15.5 Å². The fourth-order valence-electron chi connectivity index (χ4n) is 2.01. The number of fused-ring (bicyclic) bond motifs is 1. The first-order valence-electron chi connectivity index (χ1n) is 5.83. The number of benzene rings is 1. The monoisotopic (exact) mass is 259 g/mol. The maximum atomic E-state index is 12.0. The summed E-state index contributed by atoms with van der Waals surface area (Å²) in [6.07, 6.45) is 4.33. The summed E-state index contributed by atoms with van der Waals surface area (Å²) in [5.74, 6) is 0.0948. The zero-order valence-electron chi connectivity index (χ0n) is 9.72. The fraction of sp³-hybridized carbons (Fsp3) is 0.231. The van der Waals surface area contributed by atoms with Crippen molar-refractivity contribution in [3.63, 3.8) is 0 Å². The predicted octanol–water partition coefficient (Wildman–Crippen LogP) is 1.74. The Hall–Kier alpha value is -1.75. The molecule has 4 nitrogen and oxygen atoms in total. The lowest BCUT2D eigenvalue weighted by Crippen LogP contribution is -2.31. The standard InChI is InChI=1S/C13H13N3OS/c17-13(14-6-9-7-15-16-8-9)12-5-10-3-1-2-4-11(10)18-12/h1-4,7-8,12H,5-6H2,(H,14,17)(H,15,16). The first-order chi connectivity index (χ1) is 8.83. The van der Waals surface area contributed by atoms with Gasteiger partial charge < -0.3 is 5.32 Å². The van der Waals surface area contributed by atoms with Crippen LogP contribution in [-0.2, 0) is 17.8 Å². The van der Waals surface area contributed by atoms with E-state index in [2.05, 4.69) is 27.6 Å². The average molecular weight is 259 g/mol. The molecule has 3 rings (SSSR count). The minimum Gasteiger partial charge on any atom is -0.351 e. The van der Waals surface area contributed by atoms with Crippen LogP contribution in [0.2, 0.25) is 0 Å². The van der Waals surface area contributed by atoms with Crippen molar-refractivity contribution in [2.45, 2.75) is 23.1 Å². The van der Waals surface area contributed by atoms with E-state index in [4.69, 9.17) is 0 Å². The third kappa shape index (κ3) is 2.26. The summed E-state index contributed by atoms with van der Waals surface area (Å²) in [5.41, 5.74) is 2.26. The second kappa shape index (κ2) is 4.86. The van der Waals surface area contributed by atoms with E-state index in [9.17, 15) is 4.79 Å². The van der Waals surface area contributed by atoms with Gasteiger partial charge in [0.05, 0.1) is 11.4 Å². The van der Waals surface area contributed by atoms with Crippen LogP contribution in [0.4, 0.5) is 0 Å². The molecule has 0 radical (unpaired) electrons. The highest BCUT2D eigenvalue weighted by Crippen LogP contribution is 2.36. The van der Waals surface area contributed by atoms with E-state index in [-0.39, 0.29) is 11.2 Å². The second-order valence-electron chi connectivity index (χ2n) is 4.24. The molecule has 0 fully saturated rings. The molecule has 0 bridgehead atoms. The van der Waals surface area contributed by atoms with Gasteiger partial charge in [-0.25, -0.2) is 0 Å². The SMILES string of the molecule is O=C(NCc1cn[nH]c1)C1Cc2ccccc2S1. The van der Waals surface area contributed by atoms with Crippen LogP contribution in [-0.4, -0.2) is 21.4 Å². The molecule has 1 aromatic carbocycles. The number of carbonyl (C=O) groups excluding carboxylic acids is 1. The van der Waals surface area contributed by atoms with Gasteiger partial charge in [0.1, 0.15) is 0 Å². The van der Waals surface area contributed by atoms with Gasteiger partial charge >= 0.3 is 0 Å². The van der Waals surface area contributed by atoms with Gasteiger partial charge in [-0.05, 0) is 18.1 Å². The Bertz CT molecular complexity index is 528. The van der Waals surface area contributed by atoms with Crippen LogP contribution in [0.5, 0.6) is 0 Å². The topological polar surface area (TPSA) is 57.8 Å². The molecule has 1 atom stereocenters. The molecule has 0 saturated carbocycles. The molecule has 2 heterocycles. The molecule has 1 amide bonds. The van der Waals surface area contributed by atoms with E-state index >= 15 is 0 Å². The van der Waals surface area contributed by atoms with Crippen molar-refractivity contribution < 1.29 is 4.79 Å². The van der Waals surface area contributed by atoms with Crippen LogP contribution in [0.15, 0.2) is 41.6 Å².